The zero-order valence-corrected chi connectivity index (χ0v) is 12.5. The van der Waals surface area contributed by atoms with Gasteiger partial charge < -0.3 is 5.32 Å². The van der Waals surface area contributed by atoms with Crippen LogP contribution in [0, 0.1) is 11.8 Å². The van der Waals surface area contributed by atoms with Gasteiger partial charge in [0.25, 0.3) is 0 Å². The smallest absolute Gasteiger partial charge is 0.0169 e. The second-order valence-electron chi connectivity index (χ2n) is 5.72. The first-order valence-corrected chi connectivity index (χ1v) is 7.50. The summed E-state index contributed by atoms with van der Waals surface area (Å²) >= 11 is 0. The molecule has 0 rings (SSSR count). The molecule has 0 radical (unpaired) electrons. The van der Waals surface area contributed by atoms with E-state index in [1.54, 1.807) is 0 Å². The highest BCUT2D eigenvalue weighted by Gasteiger charge is 2.04. The van der Waals surface area contributed by atoms with E-state index in [0.29, 0.717) is 5.92 Å². The fourth-order valence-corrected chi connectivity index (χ4v) is 1.88. The lowest BCUT2D eigenvalue weighted by molar-refractivity contribution is 0.458. The normalized spacial score (nSPS) is 12.8. The molecule has 0 spiro atoms. The van der Waals surface area contributed by atoms with Gasteiger partial charge in [-0.05, 0) is 18.3 Å². The van der Waals surface area contributed by atoms with E-state index in [0.717, 1.165) is 12.5 Å². The monoisotopic (exact) mass is 239 g/mol. The number of hydrogen-bond acceptors (Lipinski definition) is 1. The third kappa shape index (κ3) is 10.4. The van der Waals surface area contributed by atoms with Crippen molar-refractivity contribution in [1.82, 2.24) is 5.32 Å². The van der Waals surface area contributed by atoms with Crippen molar-refractivity contribution in [2.45, 2.75) is 72.6 Å². The lowest BCUT2D eigenvalue weighted by atomic mass is 10.0. The average Bonchev–Trinajstić information content (AvgIpc) is 2.30. The van der Waals surface area contributed by atoms with Crippen LogP contribution in [0.15, 0.2) is 12.3 Å². The Balaban J connectivity index is 3.34. The van der Waals surface area contributed by atoms with E-state index in [-0.39, 0.29) is 0 Å². The van der Waals surface area contributed by atoms with Gasteiger partial charge in [0.1, 0.15) is 0 Å². The van der Waals surface area contributed by atoms with Crippen LogP contribution in [0.1, 0.15) is 72.6 Å². The fraction of sp³-hybridized carbons (Fsp3) is 0.875. The molecule has 0 saturated heterocycles. The molecule has 0 aromatic heterocycles. The van der Waals surface area contributed by atoms with E-state index in [9.17, 15) is 0 Å². The second kappa shape index (κ2) is 10.7. The largest absolute Gasteiger partial charge is 0.388 e. The Labute approximate surface area is 109 Å². The van der Waals surface area contributed by atoms with Crippen LogP contribution in [0.2, 0.25) is 0 Å². The van der Waals surface area contributed by atoms with Gasteiger partial charge in [-0.2, -0.15) is 0 Å². The van der Waals surface area contributed by atoms with E-state index in [2.05, 4.69) is 39.6 Å². The van der Waals surface area contributed by atoms with Crippen molar-refractivity contribution in [3.63, 3.8) is 0 Å². The molecule has 1 heteroatoms. The minimum Gasteiger partial charge on any atom is -0.388 e. The molecule has 1 nitrogen and oxygen atoms in total. The van der Waals surface area contributed by atoms with Crippen LogP contribution in [0.3, 0.4) is 0 Å². The molecule has 1 unspecified atom stereocenters. The minimum absolute atomic E-state index is 0.552. The predicted octanol–water partition coefficient (Wildman–Crippen LogP) is 5.13. The van der Waals surface area contributed by atoms with E-state index < -0.39 is 0 Å². The SMILES string of the molecule is C=C(NCC(C)CCCCCCCC)C(C)C. The van der Waals surface area contributed by atoms with Crippen LogP contribution in [-0.4, -0.2) is 6.54 Å². The van der Waals surface area contributed by atoms with Gasteiger partial charge in [-0.1, -0.05) is 72.8 Å². The van der Waals surface area contributed by atoms with Gasteiger partial charge in [-0.15, -0.1) is 0 Å². The molecule has 0 bridgehead atoms. The Bertz CT molecular complexity index is 184. The van der Waals surface area contributed by atoms with E-state index >= 15 is 0 Å². The highest BCUT2D eigenvalue weighted by atomic mass is 14.9. The van der Waals surface area contributed by atoms with Crippen molar-refractivity contribution in [3.8, 4) is 0 Å². The summed E-state index contributed by atoms with van der Waals surface area (Å²) in [6.07, 6.45) is 9.75. The van der Waals surface area contributed by atoms with Gasteiger partial charge in [0, 0.05) is 12.2 Å². The molecule has 0 aromatic carbocycles. The lowest BCUT2D eigenvalue weighted by Crippen LogP contribution is -2.22. The summed E-state index contributed by atoms with van der Waals surface area (Å²) in [6.45, 7) is 14.1. The Kier molecular flexibility index (Phi) is 10.4. The lowest BCUT2D eigenvalue weighted by Gasteiger charge is -2.17. The zero-order valence-electron chi connectivity index (χ0n) is 12.5. The molecule has 0 amide bonds. The topological polar surface area (TPSA) is 12.0 Å². The molecule has 0 fully saturated rings. The van der Waals surface area contributed by atoms with Gasteiger partial charge in [0.05, 0.1) is 0 Å². The van der Waals surface area contributed by atoms with E-state index in [1.165, 1.54) is 50.6 Å². The third-order valence-electron chi connectivity index (χ3n) is 3.42. The summed E-state index contributed by atoms with van der Waals surface area (Å²) in [6, 6.07) is 0. The Morgan fingerprint density at radius 2 is 1.59 bits per heavy atom. The van der Waals surface area contributed by atoms with Crippen molar-refractivity contribution in [2.75, 3.05) is 6.54 Å². The summed E-state index contributed by atoms with van der Waals surface area (Å²) in [5, 5.41) is 3.45. The van der Waals surface area contributed by atoms with Crippen LogP contribution in [-0.2, 0) is 0 Å². The van der Waals surface area contributed by atoms with Crippen molar-refractivity contribution < 1.29 is 0 Å². The molecule has 0 aromatic rings. The summed E-state index contributed by atoms with van der Waals surface area (Å²) in [5.41, 5.74) is 1.18. The number of allylic oxidation sites excluding steroid dienone is 1. The maximum Gasteiger partial charge on any atom is 0.0169 e. The molecule has 0 aliphatic carbocycles. The summed E-state index contributed by atoms with van der Waals surface area (Å²) in [4.78, 5) is 0. The van der Waals surface area contributed by atoms with Gasteiger partial charge >= 0.3 is 0 Å². The predicted molar refractivity (Wildman–Crippen MR) is 79.1 cm³/mol. The summed E-state index contributed by atoms with van der Waals surface area (Å²) in [5.74, 6) is 1.33. The van der Waals surface area contributed by atoms with Crippen molar-refractivity contribution in [2.24, 2.45) is 11.8 Å². The molecular weight excluding hydrogens is 206 g/mol. The maximum absolute atomic E-state index is 4.05. The highest BCUT2D eigenvalue weighted by molar-refractivity contribution is 4.94. The second-order valence-corrected chi connectivity index (χ2v) is 5.72. The number of hydrogen-bond donors (Lipinski definition) is 1. The van der Waals surface area contributed by atoms with Crippen molar-refractivity contribution in [3.05, 3.63) is 12.3 Å². The molecule has 1 N–H and O–H groups in total. The standard InChI is InChI=1S/C16H33N/c1-6-7-8-9-10-11-12-15(4)13-17-16(5)14(2)3/h14-15,17H,5-13H2,1-4H3. The van der Waals surface area contributed by atoms with Crippen LogP contribution >= 0.6 is 0 Å². The average molecular weight is 239 g/mol. The van der Waals surface area contributed by atoms with Crippen LogP contribution in [0.5, 0.6) is 0 Å². The molecule has 17 heavy (non-hydrogen) atoms. The van der Waals surface area contributed by atoms with Crippen LogP contribution in [0.25, 0.3) is 0 Å². The van der Waals surface area contributed by atoms with Crippen LogP contribution in [0.4, 0.5) is 0 Å². The number of unbranched alkanes of at least 4 members (excludes halogenated alkanes) is 5. The molecule has 0 aliphatic heterocycles. The van der Waals surface area contributed by atoms with Crippen molar-refractivity contribution in [1.29, 1.82) is 0 Å². The first-order chi connectivity index (χ1) is 8.07. The summed E-state index contributed by atoms with van der Waals surface area (Å²) < 4.78 is 0. The van der Waals surface area contributed by atoms with Crippen LogP contribution < -0.4 is 5.32 Å². The number of rotatable bonds is 11. The molecule has 0 heterocycles. The Hall–Kier alpha value is -0.460. The quantitative estimate of drug-likeness (QED) is 0.493. The first kappa shape index (κ1) is 16.5. The molecule has 102 valence electrons. The van der Waals surface area contributed by atoms with Crippen molar-refractivity contribution >= 4 is 0 Å². The molecule has 0 aliphatic rings. The van der Waals surface area contributed by atoms with Gasteiger partial charge in [-0.3, -0.25) is 0 Å². The Morgan fingerprint density at radius 3 is 2.18 bits per heavy atom. The summed E-state index contributed by atoms with van der Waals surface area (Å²) in [7, 11) is 0. The molecule has 1 atom stereocenters. The van der Waals surface area contributed by atoms with E-state index in [1.807, 2.05) is 0 Å². The minimum atomic E-state index is 0.552. The van der Waals surface area contributed by atoms with Gasteiger partial charge in [0.2, 0.25) is 0 Å². The van der Waals surface area contributed by atoms with E-state index in [4.69, 9.17) is 0 Å². The molecule has 0 saturated carbocycles. The fourth-order valence-electron chi connectivity index (χ4n) is 1.88. The van der Waals surface area contributed by atoms with Gasteiger partial charge in [0.15, 0.2) is 0 Å². The maximum atomic E-state index is 4.05. The first-order valence-electron chi connectivity index (χ1n) is 7.50. The third-order valence-corrected chi connectivity index (χ3v) is 3.42. The zero-order chi connectivity index (χ0) is 13.1. The Morgan fingerprint density at radius 1 is 1.00 bits per heavy atom. The van der Waals surface area contributed by atoms with Gasteiger partial charge in [-0.25, -0.2) is 0 Å². The highest BCUT2D eigenvalue weighted by Crippen LogP contribution is 2.12. The number of nitrogens with one attached hydrogen (secondary N) is 1. The molecular formula is C16H33N.